The van der Waals surface area contributed by atoms with Crippen LogP contribution in [-0.2, 0) is 4.79 Å². The van der Waals surface area contributed by atoms with Crippen LogP contribution in [0.5, 0.6) is 0 Å². The van der Waals surface area contributed by atoms with Crippen molar-refractivity contribution in [1.82, 2.24) is 4.90 Å². The first-order valence-electron chi connectivity index (χ1n) is 7.19. The normalized spacial score (nSPS) is 35.7. The molecule has 1 saturated heterocycles. The van der Waals surface area contributed by atoms with E-state index in [1.54, 1.807) is 0 Å². The van der Waals surface area contributed by atoms with Gasteiger partial charge in [-0.3, -0.25) is 9.69 Å². The Morgan fingerprint density at radius 2 is 2.00 bits per heavy atom. The van der Waals surface area contributed by atoms with Crippen LogP contribution in [0.25, 0.3) is 0 Å². The van der Waals surface area contributed by atoms with Gasteiger partial charge in [0.1, 0.15) is 0 Å². The summed E-state index contributed by atoms with van der Waals surface area (Å²) in [4.78, 5) is 13.6. The fraction of sp³-hybridized carbons (Fsp3) is 0.929. The molecule has 0 aromatic carbocycles. The molecule has 1 saturated carbocycles. The van der Waals surface area contributed by atoms with E-state index in [4.69, 9.17) is 5.11 Å². The van der Waals surface area contributed by atoms with Crippen LogP contribution in [0.1, 0.15) is 51.9 Å². The van der Waals surface area contributed by atoms with Crippen molar-refractivity contribution in [3.05, 3.63) is 0 Å². The number of carbonyl (C=O) groups is 1. The van der Waals surface area contributed by atoms with Gasteiger partial charge in [0.15, 0.2) is 0 Å². The van der Waals surface area contributed by atoms with Crippen LogP contribution in [0.15, 0.2) is 0 Å². The van der Waals surface area contributed by atoms with Crippen molar-refractivity contribution < 1.29 is 9.90 Å². The SMILES string of the molecule is CCC1CCCCC1N1CCCC(C(=O)O)C1. The highest BCUT2D eigenvalue weighted by Gasteiger charge is 2.33. The molecule has 2 rings (SSSR count). The molecular formula is C14H25NO2. The number of hydrogen-bond donors (Lipinski definition) is 1. The van der Waals surface area contributed by atoms with E-state index in [-0.39, 0.29) is 5.92 Å². The lowest BCUT2D eigenvalue weighted by molar-refractivity contribution is -0.144. The third kappa shape index (κ3) is 3.01. The summed E-state index contributed by atoms with van der Waals surface area (Å²) in [5.41, 5.74) is 0. The lowest BCUT2D eigenvalue weighted by Gasteiger charge is -2.43. The summed E-state index contributed by atoms with van der Waals surface area (Å²) >= 11 is 0. The first kappa shape index (κ1) is 12.9. The van der Waals surface area contributed by atoms with Gasteiger partial charge < -0.3 is 5.11 Å². The van der Waals surface area contributed by atoms with Gasteiger partial charge in [-0.05, 0) is 38.1 Å². The molecule has 1 N–H and O–H groups in total. The van der Waals surface area contributed by atoms with E-state index in [1.807, 2.05) is 0 Å². The van der Waals surface area contributed by atoms with Crippen molar-refractivity contribution >= 4 is 5.97 Å². The molecule has 3 heteroatoms. The Balaban J connectivity index is 1.97. The van der Waals surface area contributed by atoms with Crippen LogP contribution in [0, 0.1) is 11.8 Å². The number of piperidine rings is 1. The van der Waals surface area contributed by atoms with Crippen molar-refractivity contribution in [3.63, 3.8) is 0 Å². The summed E-state index contributed by atoms with van der Waals surface area (Å²) in [6, 6.07) is 0.663. The summed E-state index contributed by atoms with van der Waals surface area (Å²) in [5.74, 6) is 0.0815. The second-order valence-electron chi connectivity index (χ2n) is 5.69. The van der Waals surface area contributed by atoms with Crippen molar-refractivity contribution in [3.8, 4) is 0 Å². The predicted octanol–water partition coefficient (Wildman–Crippen LogP) is 2.75. The highest BCUT2D eigenvalue weighted by Crippen LogP contribution is 2.33. The Morgan fingerprint density at radius 3 is 2.71 bits per heavy atom. The zero-order valence-corrected chi connectivity index (χ0v) is 10.9. The summed E-state index contributed by atoms with van der Waals surface area (Å²) < 4.78 is 0. The quantitative estimate of drug-likeness (QED) is 0.823. The monoisotopic (exact) mass is 239 g/mol. The summed E-state index contributed by atoms with van der Waals surface area (Å²) in [7, 11) is 0. The number of carboxylic acid groups (broad SMARTS) is 1. The van der Waals surface area contributed by atoms with Gasteiger partial charge in [-0.1, -0.05) is 26.2 Å². The molecule has 1 aliphatic heterocycles. The summed E-state index contributed by atoms with van der Waals surface area (Å²) in [5, 5.41) is 9.15. The van der Waals surface area contributed by atoms with E-state index in [1.165, 1.54) is 32.1 Å². The molecule has 98 valence electrons. The van der Waals surface area contributed by atoms with E-state index in [0.29, 0.717) is 6.04 Å². The molecule has 3 nitrogen and oxygen atoms in total. The number of nitrogens with zero attached hydrogens (tertiary/aromatic N) is 1. The molecule has 0 aromatic rings. The molecule has 0 amide bonds. The topological polar surface area (TPSA) is 40.5 Å². The molecule has 1 aliphatic carbocycles. The van der Waals surface area contributed by atoms with Gasteiger partial charge in [0, 0.05) is 12.6 Å². The largest absolute Gasteiger partial charge is 0.481 e. The second kappa shape index (κ2) is 5.85. The Morgan fingerprint density at radius 1 is 1.24 bits per heavy atom. The minimum absolute atomic E-state index is 0.122. The number of likely N-dealkylation sites (tertiary alicyclic amines) is 1. The third-order valence-corrected chi connectivity index (χ3v) is 4.66. The second-order valence-corrected chi connectivity index (χ2v) is 5.69. The van der Waals surface area contributed by atoms with Crippen molar-refractivity contribution in [2.75, 3.05) is 13.1 Å². The Labute approximate surface area is 104 Å². The summed E-state index contributed by atoms with van der Waals surface area (Å²) in [6.07, 6.45) is 8.50. The number of hydrogen-bond acceptors (Lipinski definition) is 2. The van der Waals surface area contributed by atoms with Crippen LogP contribution in [0.2, 0.25) is 0 Å². The van der Waals surface area contributed by atoms with Gasteiger partial charge in [-0.15, -0.1) is 0 Å². The molecular weight excluding hydrogens is 214 g/mol. The highest BCUT2D eigenvalue weighted by atomic mass is 16.4. The molecule has 1 heterocycles. The average molecular weight is 239 g/mol. The van der Waals surface area contributed by atoms with Crippen molar-refractivity contribution in [2.24, 2.45) is 11.8 Å². The fourth-order valence-corrected chi connectivity index (χ4v) is 3.65. The molecule has 2 fully saturated rings. The third-order valence-electron chi connectivity index (χ3n) is 4.66. The Kier molecular flexibility index (Phi) is 4.43. The zero-order valence-electron chi connectivity index (χ0n) is 10.9. The van der Waals surface area contributed by atoms with Crippen molar-refractivity contribution in [1.29, 1.82) is 0 Å². The van der Waals surface area contributed by atoms with E-state index in [0.717, 1.165) is 31.8 Å². The summed E-state index contributed by atoms with van der Waals surface area (Å²) in [6.45, 7) is 4.18. The molecule has 0 spiro atoms. The fourth-order valence-electron chi connectivity index (χ4n) is 3.65. The van der Waals surface area contributed by atoms with E-state index in [2.05, 4.69) is 11.8 Å². The zero-order chi connectivity index (χ0) is 12.3. The van der Waals surface area contributed by atoms with Gasteiger partial charge in [0.2, 0.25) is 0 Å². The first-order chi connectivity index (χ1) is 8.22. The first-order valence-corrected chi connectivity index (χ1v) is 7.19. The average Bonchev–Trinajstić information content (AvgIpc) is 2.39. The van der Waals surface area contributed by atoms with Gasteiger partial charge in [-0.2, -0.15) is 0 Å². The minimum Gasteiger partial charge on any atom is -0.481 e. The molecule has 3 unspecified atom stereocenters. The highest BCUT2D eigenvalue weighted by molar-refractivity contribution is 5.70. The molecule has 17 heavy (non-hydrogen) atoms. The van der Waals surface area contributed by atoms with E-state index < -0.39 is 5.97 Å². The molecule has 2 aliphatic rings. The molecule has 0 bridgehead atoms. The van der Waals surface area contributed by atoms with Gasteiger partial charge in [-0.25, -0.2) is 0 Å². The molecule has 0 radical (unpaired) electrons. The maximum atomic E-state index is 11.1. The van der Waals surface area contributed by atoms with Crippen LogP contribution in [0.4, 0.5) is 0 Å². The van der Waals surface area contributed by atoms with Crippen LogP contribution >= 0.6 is 0 Å². The lowest BCUT2D eigenvalue weighted by Crippen LogP contribution is -2.48. The number of carboxylic acids is 1. The standard InChI is InChI=1S/C14H25NO2/c1-2-11-6-3-4-8-13(11)15-9-5-7-12(10-15)14(16)17/h11-13H,2-10H2,1H3,(H,16,17). The Bertz CT molecular complexity index is 267. The van der Waals surface area contributed by atoms with E-state index >= 15 is 0 Å². The van der Waals surface area contributed by atoms with Gasteiger partial charge >= 0.3 is 5.97 Å². The van der Waals surface area contributed by atoms with Crippen LogP contribution < -0.4 is 0 Å². The number of aliphatic carboxylic acids is 1. The predicted molar refractivity (Wildman–Crippen MR) is 68.0 cm³/mol. The Hall–Kier alpha value is -0.570. The van der Waals surface area contributed by atoms with E-state index in [9.17, 15) is 4.79 Å². The maximum absolute atomic E-state index is 11.1. The minimum atomic E-state index is -0.599. The maximum Gasteiger partial charge on any atom is 0.307 e. The smallest absolute Gasteiger partial charge is 0.307 e. The van der Waals surface area contributed by atoms with Crippen LogP contribution in [-0.4, -0.2) is 35.1 Å². The lowest BCUT2D eigenvalue weighted by atomic mass is 9.80. The molecule has 3 atom stereocenters. The van der Waals surface area contributed by atoms with Crippen molar-refractivity contribution in [2.45, 2.75) is 57.9 Å². The molecule has 0 aromatic heterocycles. The number of rotatable bonds is 3. The van der Waals surface area contributed by atoms with Gasteiger partial charge in [0.05, 0.1) is 5.92 Å². The van der Waals surface area contributed by atoms with Gasteiger partial charge in [0.25, 0.3) is 0 Å². The van der Waals surface area contributed by atoms with Crippen LogP contribution in [0.3, 0.4) is 0 Å².